The summed E-state index contributed by atoms with van der Waals surface area (Å²) in [6.45, 7) is 4.21. The van der Waals surface area contributed by atoms with Crippen LogP contribution in [-0.4, -0.2) is 66.8 Å². The van der Waals surface area contributed by atoms with Crippen LogP contribution in [0.5, 0.6) is 5.75 Å². The molecule has 0 saturated carbocycles. The molecule has 3 aliphatic heterocycles. The van der Waals surface area contributed by atoms with E-state index in [1.54, 1.807) is 0 Å². The Labute approximate surface area is 147 Å². The average Bonchev–Trinajstić information content (AvgIpc) is 3.28. The number of ether oxygens (including phenoxy) is 2. The van der Waals surface area contributed by atoms with E-state index in [4.69, 9.17) is 9.47 Å². The zero-order chi connectivity index (χ0) is 16.4. The van der Waals surface area contributed by atoms with Crippen LogP contribution in [-0.2, 0) is 16.0 Å². The third-order valence-electron chi connectivity index (χ3n) is 5.30. The fraction of sp³-hybridized carbons (Fsp3) is 0.611. The molecule has 2 atom stereocenters. The Morgan fingerprint density at radius 2 is 2.17 bits per heavy atom. The van der Waals surface area contributed by atoms with E-state index >= 15 is 0 Å². The molecule has 3 aliphatic rings. The van der Waals surface area contributed by atoms with Crippen molar-refractivity contribution in [3.8, 4) is 5.75 Å². The summed E-state index contributed by atoms with van der Waals surface area (Å²) in [6, 6.07) is 7.91. The van der Waals surface area contributed by atoms with Crippen molar-refractivity contribution in [2.45, 2.75) is 24.5 Å². The number of carbonyl (C=O) groups excluding carboxylic acids is 1. The Kier molecular flexibility index (Phi) is 4.70. The molecular formula is C18H24N2O3S. The van der Waals surface area contributed by atoms with Crippen LogP contribution in [0.15, 0.2) is 24.3 Å². The second-order valence-electron chi connectivity index (χ2n) is 6.76. The molecule has 2 unspecified atom stereocenters. The van der Waals surface area contributed by atoms with Gasteiger partial charge in [-0.15, -0.1) is 0 Å². The summed E-state index contributed by atoms with van der Waals surface area (Å²) in [5.74, 6) is 3.10. The summed E-state index contributed by atoms with van der Waals surface area (Å²) in [6.07, 6.45) is 1.41. The van der Waals surface area contributed by atoms with Gasteiger partial charge in [0.15, 0.2) is 6.10 Å². The maximum atomic E-state index is 12.6. The van der Waals surface area contributed by atoms with E-state index in [9.17, 15) is 4.79 Å². The fourth-order valence-electron chi connectivity index (χ4n) is 3.83. The van der Waals surface area contributed by atoms with Crippen LogP contribution in [0.2, 0.25) is 0 Å². The molecular weight excluding hydrogens is 324 g/mol. The maximum absolute atomic E-state index is 12.6. The Balaban J connectivity index is 1.37. The van der Waals surface area contributed by atoms with Gasteiger partial charge in [-0.25, -0.2) is 0 Å². The molecule has 1 aromatic rings. The minimum atomic E-state index is -0.391. The van der Waals surface area contributed by atoms with Crippen LogP contribution in [0.1, 0.15) is 12.0 Å². The lowest BCUT2D eigenvalue weighted by Gasteiger charge is -2.43. The molecule has 0 radical (unpaired) electrons. The number of thioether (sulfide) groups is 1. The number of fused-ring (bicyclic) bond motifs is 1. The van der Waals surface area contributed by atoms with E-state index in [1.807, 2.05) is 36.0 Å². The molecule has 1 amide bonds. The second kappa shape index (κ2) is 6.94. The van der Waals surface area contributed by atoms with Crippen LogP contribution in [0, 0.1) is 0 Å². The standard InChI is InChI=1S/C18H24N2O3S/c21-17(16-11-14-3-1-2-4-15(14)23-16)19-12-18(5-10-24-13-18)20-6-8-22-9-7-20/h1-4,16H,5-13H2,(H,19,21). The van der Waals surface area contributed by atoms with Gasteiger partial charge < -0.3 is 14.8 Å². The van der Waals surface area contributed by atoms with Crippen LogP contribution < -0.4 is 10.1 Å². The number of nitrogens with zero attached hydrogens (tertiary/aromatic N) is 1. The molecule has 2 fully saturated rings. The number of nitrogens with one attached hydrogen (secondary N) is 1. The highest BCUT2D eigenvalue weighted by molar-refractivity contribution is 7.99. The maximum Gasteiger partial charge on any atom is 0.261 e. The molecule has 4 rings (SSSR count). The minimum Gasteiger partial charge on any atom is -0.480 e. The van der Waals surface area contributed by atoms with Gasteiger partial charge in [-0.2, -0.15) is 11.8 Å². The number of amides is 1. The van der Waals surface area contributed by atoms with Crippen molar-refractivity contribution in [1.82, 2.24) is 10.2 Å². The lowest BCUT2D eigenvalue weighted by molar-refractivity contribution is -0.128. The van der Waals surface area contributed by atoms with Gasteiger partial charge in [0.05, 0.1) is 13.2 Å². The van der Waals surface area contributed by atoms with E-state index in [1.165, 1.54) is 5.75 Å². The number of benzene rings is 1. The van der Waals surface area contributed by atoms with Crippen molar-refractivity contribution < 1.29 is 14.3 Å². The van der Waals surface area contributed by atoms with Gasteiger partial charge in [0.1, 0.15) is 5.75 Å². The lowest BCUT2D eigenvalue weighted by atomic mass is 9.95. The Morgan fingerprint density at radius 1 is 1.33 bits per heavy atom. The molecule has 0 aliphatic carbocycles. The zero-order valence-electron chi connectivity index (χ0n) is 13.8. The third-order valence-corrected chi connectivity index (χ3v) is 6.53. The Bertz CT molecular complexity index is 573. The van der Waals surface area contributed by atoms with Crippen molar-refractivity contribution in [2.24, 2.45) is 0 Å². The number of hydrogen-bond acceptors (Lipinski definition) is 5. The number of hydrogen-bond donors (Lipinski definition) is 1. The summed E-state index contributed by atoms with van der Waals surface area (Å²) >= 11 is 1.98. The fourth-order valence-corrected chi connectivity index (χ4v) is 5.31. The number of morpholine rings is 1. The van der Waals surface area contributed by atoms with Gasteiger partial charge >= 0.3 is 0 Å². The first kappa shape index (κ1) is 16.2. The number of para-hydroxylation sites is 1. The van der Waals surface area contributed by atoms with Crippen LogP contribution in [0.3, 0.4) is 0 Å². The Hall–Kier alpha value is -1.24. The molecule has 0 bridgehead atoms. The first-order valence-corrected chi connectivity index (χ1v) is 9.85. The van der Waals surface area contributed by atoms with Crippen LogP contribution in [0.4, 0.5) is 0 Å². The van der Waals surface area contributed by atoms with Gasteiger partial charge in [0.2, 0.25) is 0 Å². The molecule has 3 heterocycles. The molecule has 1 N–H and O–H groups in total. The van der Waals surface area contributed by atoms with Gasteiger partial charge in [-0.3, -0.25) is 9.69 Å². The minimum absolute atomic E-state index is 0.00994. The lowest BCUT2D eigenvalue weighted by Crippen LogP contribution is -2.60. The summed E-state index contributed by atoms with van der Waals surface area (Å²) in [4.78, 5) is 15.1. The highest BCUT2D eigenvalue weighted by atomic mass is 32.2. The molecule has 130 valence electrons. The molecule has 0 spiro atoms. The number of carbonyl (C=O) groups is 1. The third kappa shape index (κ3) is 3.15. The van der Waals surface area contributed by atoms with Crippen molar-refractivity contribution >= 4 is 17.7 Å². The molecule has 6 heteroatoms. The summed E-state index contributed by atoms with van der Waals surface area (Å²) in [7, 11) is 0. The smallest absolute Gasteiger partial charge is 0.261 e. The van der Waals surface area contributed by atoms with Gasteiger partial charge in [-0.1, -0.05) is 18.2 Å². The molecule has 0 aromatic heterocycles. The molecule has 5 nitrogen and oxygen atoms in total. The normalized spacial score (nSPS) is 29.9. The van der Waals surface area contributed by atoms with Crippen molar-refractivity contribution in [3.63, 3.8) is 0 Å². The Morgan fingerprint density at radius 3 is 2.92 bits per heavy atom. The van der Waals surface area contributed by atoms with E-state index in [0.29, 0.717) is 13.0 Å². The molecule has 2 saturated heterocycles. The topological polar surface area (TPSA) is 50.8 Å². The van der Waals surface area contributed by atoms with Crippen LogP contribution >= 0.6 is 11.8 Å². The van der Waals surface area contributed by atoms with Gasteiger partial charge in [-0.05, 0) is 23.8 Å². The highest BCUT2D eigenvalue weighted by Gasteiger charge is 2.41. The predicted octanol–water partition coefficient (Wildman–Crippen LogP) is 1.31. The molecule has 24 heavy (non-hydrogen) atoms. The summed E-state index contributed by atoms with van der Waals surface area (Å²) in [5.41, 5.74) is 1.20. The van der Waals surface area contributed by atoms with E-state index in [-0.39, 0.29) is 11.4 Å². The second-order valence-corrected chi connectivity index (χ2v) is 7.87. The largest absolute Gasteiger partial charge is 0.480 e. The summed E-state index contributed by atoms with van der Waals surface area (Å²) < 4.78 is 11.3. The first-order valence-electron chi connectivity index (χ1n) is 8.70. The summed E-state index contributed by atoms with van der Waals surface area (Å²) in [5, 5.41) is 3.18. The zero-order valence-corrected chi connectivity index (χ0v) is 14.6. The van der Waals surface area contributed by atoms with Gasteiger partial charge in [0, 0.05) is 37.3 Å². The number of rotatable bonds is 4. The van der Waals surface area contributed by atoms with E-state index in [0.717, 1.165) is 49.8 Å². The quantitative estimate of drug-likeness (QED) is 0.889. The van der Waals surface area contributed by atoms with Crippen molar-refractivity contribution in [2.75, 3.05) is 44.4 Å². The van der Waals surface area contributed by atoms with Crippen molar-refractivity contribution in [1.29, 1.82) is 0 Å². The monoisotopic (exact) mass is 348 g/mol. The van der Waals surface area contributed by atoms with Crippen LogP contribution in [0.25, 0.3) is 0 Å². The highest BCUT2D eigenvalue weighted by Crippen LogP contribution is 2.34. The van der Waals surface area contributed by atoms with E-state index in [2.05, 4.69) is 10.2 Å². The van der Waals surface area contributed by atoms with Crippen molar-refractivity contribution in [3.05, 3.63) is 29.8 Å². The first-order chi connectivity index (χ1) is 11.8. The molecule has 1 aromatic carbocycles. The SMILES string of the molecule is O=C(NCC1(N2CCOCC2)CCSC1)C1Cc2ccccc2O1. The van der Waals surface area contributed by atoms with Gasteiger partial charge in [0.25, 0.3) is 5.91 Å². The average molecular weight is 348 g/mol. The van der Waals surface area contributed by atoms with E-state index < -0.39 is 6.10 Å². The predicted molar refractivity (Wildman–Crippen MR) is 94.6 cm³/mol.